The van der Waals surface area contributed by atoms with E-state index < -0.39 is 23.9 Å². The van der Waals surface area contributed by atoms with Crippen molar-refractivity contribution in [3.63, 3.8) is 0 Å². The van der Waals surface area contributed by atoms with Crippen LogP contribution in [0.1, 0.15) is 17.2 Å². The molecule has 1 saturated heterocycles. The van der Waals surface area contributed by atoms with Crippen LogP contribution in [-0.2, 0) is 19.1 Å². The second-order valence-electron chi connectivity index (χ2n) is 6.47. The summed E-state index contributed by atoms with van der Waals surface area (Å²) < 4.78 is 10.1. The van der Waals surface area contributed by atoms with E-state index in [-0.39, 0.29) is 6.04 Å². The zero-order valence-electron chi connectivity index (χ0n) is 15.1. The highest BCUT2D eigenvalue weighted by Crippen LogP contribution is 2.47. The summed E-state index contributed by atoms with van der Waals surface area (Å²) in [6, 6.07) is 16.2. The average molecular weight is 364 g/mol. The summed E-state index contributed by atoms with van der Waals surface area (Å²) in [6.07, 6.45) is 3.88. The van der Waals surface area contributed by atoms with Gasteiger partial charge >= 0.3 is 11.9 Å². The van der Waals surface area contributed by atoms with E-state index in [4.69, 9.17) is 9.47 Å². The lowest BCUT2D eigenvalue weighted by Gasteiger charge is -2.36. The fraction of sp³-hybridized carbons (Fsp3) is 0.238. The Balaban J connectivity index is 1.92. The maximum absolute atomic E-state index is 12.8. The molecule has 0 spiro atoms. The number of carbonyl (C=O) groups is 2. The van der Waals surface area contributed by atoms with Crippen LogP contribution in [0.5, 0.6) is 0 Å². The van der Waals surface area contributed by atoms with E-state index in [2.05, 4.69) is 0 Å². The summed E-state index contributed by atoms with van der Waals surface area (Å²) in [4.78, 5) is 25.5. The number of fused-ring (bicyclic) bond motifs is 3. The van der Waals surface area contributed by atoms with Gasteiger partial charge < -0.3 is 9.47 Å². The second-order valence-corrected chi connectivity index (χ2v) is 6.47. The van der Waals surface area contributed by atoms with Crippen molar-refractivity contribution in [3.8, 4) is 0 Å². The Labute approximate surface area is 157 Å². The van der Waals surface area contributed by atoms with Gasteiger partial charge in [0.05, 0.1) is 25.9 Å². The van der Waals surface area contributed by atoms with Crippen LogP contribution in [-0.4, -0.2) is 37.2 Å². The van der Waals surface area contributed by atoms with Gasteiger partial charge in [-0.15, -0.1) is 0 Å². The number of hydrogen-bond donors (Lipinski definition) is 0. The van der Waals surface area contributed by atoms with Crippen LogP contribution in [0.4, 0.5) is 5.69 Å². The molecule has 0 aliphatic carbocycles. The van der Waals surface area contributed by atoms with Crippen molar-refractivity contribution >= 4 is 23.7 Å². The minimum atomic E-state index is -0.828. The van der Waals surface area contributed by atoms with Gasteiger partial charge in [0, 0.05) is 6.20 Å². The van der Waals surface area contributed by atoms with E-state index in [1.807, 2.05) is 76.9 Å². The van der Waals surface area contributed by atoms with Gasteiger partial charge in [-0.1, -0.05) is 42.5 Å². The zero-order valence-corrected chi connectivity index (χ0v) is 15.1. The molecule has 0 saturated carbocycles. The van der Waals surface area contributed by atoms with Crippen LogP contribution >= 0.6 is 0 Å². The Kier molecular flexibility index (Phi) is 4.32. The first kappa shape index (κ1) is 17.1. The second kappa shape index (κ2) is 6.79. The van der Waals surface area contributed by atoms with E-state index in [1.165, 1.54) is 14.2 Å². The van der Waals surface area contributed by atoms with Gasteiger partial charge in [-0.2, -0.15) is 0 Å². The number of hydrogen-bond acceptors (Lipinski definition) is 6. The van der Waals surface area contributed by atoms with E-state index in [0.717, 1.165) is 16.8 Å². The molecule has 0 bridgehead atoms. The van der Waals surface area contributed by atoms with E-state index in [0.29, 0.717) is 0 Å². The predicted octanol–water partition coefficient (Wildman–Crippen LogP) is 2.78. The fourth-order valence-electron chi connectivity index (χ4n) is 3.99. The van der Waals surface area contributed by atoms with Crippen LogP contribution in [0.15, 0.2) is 60.8 Å². The van der Waals surface area contributed by atoms with Crippen LogP contribution in [0.3, 0.4) is 0 Å². The van der Waals surface area contributed by atoms with Crippen molar-refractivity contribution in [2.75, 3.05) is 19.2 Å². The van der Waals surface area contributed by atoms with Crippen molar-refractivity contribution < 1.29 is 19.1 Å². The van der Waals surface area contributed by atoms with Crippen molar-refractivity contribution in [1.29, 1.82) is 0 Å². The average Bonchev–Trinajstić information content (AvgIpc) is 3.08. The van der Waals surface area contributed by atoms with E-state index in [9.17, 15) is 9.59 Å². The number of para-hydroxylation sites is 1. The first-order chi connectivity index (χ1) is 13.2. The van der Waals surface area contributed by atoms with E-state index >= 15 is 0 Å². The number of nitrogens with zero attached hydrogens (tertiary/aromatic N) is 2. The van der Waals surface area contributed by atoms with Gasteiger partial charge in [-0.25, -0.2) is 4.79 Å². The molecule has 3 unspecified atom stereocenters. The summed E-state index contributed by atoms with van der Waals surface area (Å²) in [5.41, 5.74) is 2.79. The highest BCUT2D eigenvalue weighted by molar-refractivity contribution is 5.90. The Morgan fingerprint density at radius 2 is 1.56 bits per heavy atom. The molecule has 0 aromatic heterocycles. The molecule has 138 valence electrons. The highest BCUT2D eigenvalue weighted by Gasteiger charge is 2.56. The minimum Gasteiger partial charge on any atom is -0.469 e. The summed E-state index contributed by atoms with van der Waals surface area (Å²) in [5, 5.41) is 3.76. The summed E-state index contributed by atoms with van der Waals surface area (Å²) in [5.74, 6) is -1.65. The molecule has 2 aromatic rings. The molecule has 6 heteroatoms. The molecule has 27 heavy (non-hydrogen) atoms. The predicted molar refractivity (Wildman–Crippen MR) is 100 cm³/mol. The van der Waals surface area contributed by atoms with Gasteiger partial charge in [0.1, 0.15) is 5.92 Å². The third-order valence-corrected chi connectivity index (χ3v) is 5.14. The first-order valence-corrected chi connectivity index (χ1v) is 8.72. The Hall–Kier alpha value is -3.28. The van der Waals surface area contributed by atoms with Crippen LogP contribution in [0.2, 0.25) is 0 Å². The lowest BCUT2D eigenvalue weighted by atomic mass is 9.85. The highest BCUT2D eigenvalue weighted by atomic mass is 16.5. The number of benzene rings is 2. The van der Waals surface area contributed by atoms with Crippen LogP contribution in [0, 0.1) is 5.92 Å². The number of hydrazine groups is 1. The van der Waals surface area contributed by atoms with Crippen LogP contribution in [0.25, 0.3) is 6.08 Å². The molecule has 0 amide bonds. The van der Waals surface area contributed by atoms with Gasteiger partial charge in [0.25, 0.3) is 0 Å². The normalized spacial score (nSPS) is 22.8. The fourth-order valence-corrected chi connectivity index (χ4v) is 3.99. The zero-order chi connectivity index (χ0) is 19.0. The molecule has 0 N–H and O–H groups in total. The van der Waals surface area contributed by atoms with Gasteiger partial charge in [0.15, 0.2) is 6.04 Å². The quantitative estimate of drug-likeness (QED) is 0.781. The maximum Gasteiger partial charge on any atom is 0.331 e. The Morgan fingerprint density at radius 3 is 2.26 bits per heavy atom. The number of methoxy groups -OCH3 is 2. The molecule has 2 aliphatic rings. The summed E-state index contributed by atoms with van der Waals surface area (Å²) >= 11 is 0. The van der Waals surface area contributed by atoms with Crippen molar-refractivity contribution in [2.45, 2.75) is 12.1 Å². The van der Waals surface area contributed by atoms with Crippen molar-refractivity contribution in [3.05, 3.63) is 71.9 Å². The number of carbonyl (C=O) groups excluding carboxylic acids is 2. The van der Waals surface area contributed by atoms with Crippen molar-refractivity contribution in [2.24, 2.45) is 5.92 Å². The molecule has 6 nitrogen and oxygen atoms in total. The topological polar surface area (TPSA) is 59.1 Å². The largest absolute Gasteiger partial charge is 0.469 e. The maximum atomic E-state index is 12.8. The Morgan fingerprint density at radius 1 is 0.889 bits per heavy atom. The van der Waals surface area contributed by atoms with Crippen LogP contribution < -0.4 is 5.01 Å². The number of anilines is 1. The SMILES string of the molecule is COC(=O)C1C2c3ccccc3C=CN2N(c2ccccc2)C1C(=O)OC. The third kappa shape index (κ3) is 2.65. The summed E-state index contributed by atoms with van der Waals surface area (Å²) in [7, 11) is 2.68. The number of rotatable bonds is 3. The molecular weight excluding hydrogens is 344 g/mol. The molecule has 2 heterocycles. The number of esters is 2. The molecule has 0 radical (unpaired) electrons. The van der Waals surface area contributed by atoms with Gasteiger partial charge in [-0.05, 0) is 29.3 Å². The Bertz CT molecular complexity index is 880. The van der Waals surface area contributed by atoms with Crippen molar-refractivity contribution in [1.82, 2.24) is 5.01 Å². The molecule has 2 aromatic carbocycles. The lowest BCUT2D eigenvalue weighted by molar-refractivity contribution is -0.153. The molecule has 2 aliphatic heterocycles. The molecule has 1 fully saturated rings. The molecular formula is C21H20N2O4. The first-order valence-electron chi connectivity index (χ1n) is 8.72. The standard InChI is InChI=1S/C21H20N2O4/c1-26-20(24)17-18-16-11-7-6-8-14(16)12-13-22(18)23(19(17)21(25)27-2)15-9-4-3-5-10-15/h3-13,17-19H,1-2H3. The van der Waals surface area contributed by atoms with Gasteiger partial charge in [0.2, 0.25) is 0 Å². The molecule has 4 rings (SSSR count). The molecule has 3 atom stereocenters. The lowest BCUT2D eigenvalue weighted by Crippen LogP contribution is -2.46. The minimum absolute atomic E-state index is 0.358. The number of ether oxygens (including phenoxy) is 2. The monoisotopic (exact) mass is 364 g/mol. The third-order valence-electron chi connectivity index (χ3n) is 5.14. The van der Waals surface area contributed by atoms with Gasteiger partial charge in [-0.3, -0.25) is 14.8 Å². The summed E-state index contributed by atoms with van der Waals surface area (Å²) in [6.45, 7) is 0. The van der Waals surface area contributed by atoms with E-state index in [1.54, 1.807) is 0 Å². The smallest absolute Gasteiger partial charge is 0.331 e.